The molecule has 1 saturated heterocycles. The SMILES string of the molecule is Cc1oncc1C(=O)N1CCN(C(=O)c2cnn3c2CCCC3)CC1. The molecule has 0 N–H and O–H groups in total. The van der Waals surface area contributed by atoms with E-state index in [2.05, 4.69) is 10.3 Å². The maximum Gasteiger partial charge on any atom is 0.259 e. The Morgan fingerprint density at radius 1 is 0.960 bits per heavy atom. The molecule has 132 valence electrons. The number of hydrogen-bond donors (Lipinski definition) is 0. The van der Waals surface area contributed by atoms with E-state index in [4.69, 9.17) is 4.52 Å². The second kappa shape index (κ2) is 6.34. The van der Waals surface area contributed by atoms with E-state index in [1.165, 1.54) is 6.20 Å². The summed E-state index contributed by atoms with van der Waals surface area (Å²) >= 11 is 0. The second-order valence-electron chi connectivity index (χ2n) is 6.57. The summed E-state index contributed by atoms with van der Waals surface area (Å²) < 4.78 is 6.92. The number of carbonyl (C=O) groups is 2. The van der Waals surface area contributed by atoms with Gasteiger partial charge in [0, 0.05) is 32.7 Å². The van der Waals surface area contributed by atoms with Crippen LogP contribution < -0.4 is 0 Å². The Hall–Kier alpha value is -2.64. The predicted molar refractivity (Wildman–Crippen MR) is 88.2 cm³/mol. The van der Waals surface area contributed by atoms with Crippen LogP contribution in [0, 0.1) is 6.92 Å². The van der Waals surface area contributed by atoms with E-state index >= 15 is 0 Å². The van der Waals surface area contributed by atoms with Gasteiger partial charge in [-0.2, -0.15) is 5.10 Å². The normalized spacial score (nSPS) is 17.5. The van der Waals surface area contributed by atoms with Crippen LogP contribution in [0.15, 0.2) is 16.9 Å². The first-order chi connectivity index (χ1) is 12.1. The van der Waals surface area contributed by atoms with E-state index in [9.17, 15) is 9.59 Å². The lowest BCUT2D eigenvalue weighted by Crippen LogP contribution is -2.50. The van der Waals surface area contributed by atoms with E-state index in [1.54, 1.807) is 18.0 Å². The molecule has 1 fully saturated rings. The van der Waals surface area contributed by atoms with Crippen LogP contribution in [0.25, 0.3) is 0 Å². The summed E-state index contributed by atoms with van der Waals surface area (Å²) in [5.74, 6) is 0.459. The maximum absolute atomic E-state index is 12.8. The van der Waals surface area contributed by atoms with Gasteiger partial charge in [-0.15, -0.1) is 0 Å². The van der Waals surface area contributed by atoms with Crippen molar-refractivity contribution < 1.29 is 14.1 Å². The molecule has 0 bridgehead atoms. The molecular weight excluding hydrogens is 322 g/mol. The highest BCUT2D eigenvalue weighted by atomic mass is 16.5. The van der Waals surface area contributed by atoms with E-state index in [-0.39, 0.29) is 11.8 Å². The number of nitrogens with zero attached hydrogens (tertiary/aromatic N) is 5. The lowest BCUT2D eigenvalue weighted by Gasteiger charge is -2.34. The number of fused-ring (bicyclic) bond motifs is 1. The molecule has 0 spiro atoms. The molecule has 0 saturated carbocycles. The van der Waals surface area contributed by atoms with Gasteiger partial charge in [-0.25, -0.2) is 0 Å². The molecule has 8 nitrogen and oxygen atoms in total. The smallest absolute Gasteiger partial charge is 0.259 e. The number of piperazine rings is 1. The van der Waals surface area contributed by atoms with Crippen LogP contribution in [0.3, 0.4) is 0 Å². The maximum atomic E-state index is 12.8. The summed E-state index contributed by atoms with van der Waals surface area (Å²) in [6.07, 6.45) is 6.28. The number of aryl methyl sites for hydroxylation is 2. The Morgan fingerprint density at radius 3 is 2.28 bits per heavy atom. The van der Waals surface area contributed by atoms with Crippen molar-refractivity contribution in [3.8, 4) is 0 Å². The minimum atomic E-state index is -0.0891. The third-order valence-corrected chi connectivity index (χ3v) is 5.05. The molecule has 2 aromatic heterocycles. The summed E-state index contributed by atoms with van der Waals surface area (Å²) in [7, 11) is 0. The summed E-state index contributed by atoms with van der Waals surface area (Å²) in [6.45, 7) is 4.70. The van der Waals surface area contributed by atoms with Crippen LogP contribution in [-0.2, 0) is 13.0 Å². The molecule has 2 aliphatic rings. The first kappa shape index (κ1) is 15.9. The van der Waals surface area contributed by atoms with Crippen molar-refractivity contribution in [2.24, 2.45) is 0 Å². The van der Waals surface area contributed by atoms with Gasteiger partial charge >= 0.3 is 0 Å². The third-order valence-electron chi connectivity index (χ3n) is 5.05. The lowest BCUT2D eigenvalue weighted by molar-refractivity contribution is 0.0533. The van der Waals surface area contributed by atoms with Crippen molar-refractivity contribution in [2.75, 3.05) is 26.2 Å². The Morgan fingerprint density at radius 2 is 1.64 bits per heavy atom. The number of rotatable bonds is 2. The van der Waals surface area contributed by atoms with Gasteiger partial charge < -0.3 is 14.3 Å². The van der Waals surface area contributed by atoms with E-state index in [0.717, 1.165) is 31.5 Å². The quantitative estimate of drug-likeness (QED) is 0.816. The molecule has 2 aromatic rings. The van der Waals surface area contributed by atoms with Crippen molar-refractivity contribution in [1.29, 1.82) is 0 Å². The Balaban J connectivity index is 1.42. The molecule has 4 heterocycles. The zero-order valence-corrected chi connectivity index (χ0v) is 14.3. The summed E-state index contributed by atoms with van der Waals surface area (Å²) in [5.41, 5.74) is 2.26. The largest absolute Gasteiger partial charge is 0.361 e. The molecule has 0 aliphatic carbocycles. The lowest BCUT2D eigenvalue weighted by atomic mass is 10.1. The topological polar surface area (TPSA) is 84.5 Å². The van der Waals surface area contributed by atoms with Crippen LogP contribution in [0.1, 0.15) is 45.0 Å². The summed E-state index contributed by atoms with van der Waals surface area (Å²) in [5, 5.41) is 8.01. The third kappa shape index (κ3) is 2.81. The molecule has 8 heteroatoms. The highest BCUT2D eigenvalue weighted by Crippen LogP contribution is 2.20. The van der Waals surface area contributed by atoms with Gasteiger partial charge in [-0.3, -0.25) is 14.3 Å². The van der Waals surface area contributed by atoms with Crippen molar-refractivity contribution in [2.45, 2.75) is 32.7 Å². The molecule has 0 aromatic carbocycles. The molecule has 25 heavy (non-hydrogen) atoms. The zero-order chi connectivity index (χ0) is 17.4. The molecule has 2 aliphatic heterocycles. The average molecular weight is 343 g/mol. The molecule has 4 rings (SSSR count). The number of carbonyl (C=O) groups excluding carboxylic acids is 2. The first-order valence-corrected chi connectivity index (χ1v) is 8.69. The molecule has 2 amide bonds. The van der Waals surface area contributed by atoms with Crippen molar-refractivity contribution in [3.05, 3.63) is 35.0 Å². The minimum Gasteiger partial charge on any atom is -0.361 e. The number of amides is 2. The van der Waals surface area contributed by atoms with Crippen molar-refractivity contribution >= 4 is 11.8 Å². The van der Waals surface area contributed by atoms with Gasteiger partial charge in [0.05, 0.1) is 23.7 Å². The fourth-order valence-corrected chi connectivity index (χ4v) is 3.56. The van der Waals surface area contributed by atoms with Crippen LogP contribution in [0.5, 0.6) is 0 Å². The van der Waals surface area contributed by atoms with E-state index in [0.29, 0.717) is 43.1 Å². The summed E-state index contributed by atoms with van der Waals surface area (Å²) in [6, 6.07) is 0. The fourth-order valence-electron chi connectivity index (χ4n) is 3.56. The summed E-state index contributed by atoms with van der Waals surface area (Å²) in [4.78, 5) is 28.9. The number of aromatic nitrogens is 3. The highest BCUT2D eigenvalue weighted by molar-refractivity contribution is 5.96. The van der Waals surface area contributed by atoms with E-state index < -0.39 is 0 Å². The fraction of sp³-hybridized carbons (Fsp3) is 0.529. The Kier molecular flexibility index (Phi) is 4.03. The molecule has 0 atom stereocenters. The van der Waals surface area contributed by atoms with Crippen LogP contribution in [0.2, 0.25) is 0 Å². The monoisotopic (exact) mass is 343 g/mol. The van der Waals surface area contributed by atoms with Crippen LogP contribution in [0.4, 0.5) is 0 Å². The van der Waals surface area contributed by atoms with E-state index in [1.807, 2.05) is 9.58 Å². The first-order valence-electron chi connectivity index (χ1n) is 8.69. The molecule has 0 radical (unpaired) electrons. The van der Waals surface area contributed by atoms with Crippen LogP contribution >= 0.6 is 0 Å². The average Bonchev–Trinajstić information content (AvgIpc) is 3.27. The molecular formula is C17H21N5O3. The van der Waals surface area contributed by atoms with Gasteiger partial charge in [0.25, 0.3) is 11.8 Å². The van der Waals surface area contributed by atoms with Gasteiger partial charge in [0.15, 0.2) is 0 Å². The molecule has 0 unspecified atom stereocenters. The van der Waals surface area contributed by atoms with Crippen molar-refractivity contribution in [1.82, 2.24) is 24.7 Å². The number of hydrogen-bond acceptors (Lipinski definition) is 5. The van der Waals surface area contributed by atoms with Gasteiger partial charge in [-0.1, -0.05) is 5.16 Å². The van der Waals surface area contributed by atoms with Gasteiger partial charge in [0.2, 0.25) is 0 Å². The van der Waals surface area contributed by atoms with Crippen LogP contribution in [-0.4, -0.2) is 62.7 Å². The predicted octanol–water partition coefficient (Wildman–Crippen LogP) is 1.11. The van der Waals surface area contributed by atoms with Gasteiger partial charge in [0.1, 0.15) is 11.3 Å². The minimum absolute atomic E-state index is 0.0245. The Bertz CT molecular complexity index is 801. The standard InChI is InChI=1S/C17H21N5O3/c1-12-13(11-19-25-12)16(23)20-6-8-21(9-7-20)17(24)14-10-18-22-5-3-2-4-15(14)22/h10-11H,2-9H2,1H3. The zero-order valence-electron chi connectivity index (χ0n) is 14.3. The van der Waals surface area contributed by atoms with Crippen molar-refractivity contribution in [3.63, 3.8) is 0 Å². The highest BCUT2D eigenvalue weighted by Gasteiger charge is 2.29. The Labute approximate surface area is 145 Å². The second-order valence-corrected chi connectivity index (χ2v) is 6.57. The van der Waals surface area contributed by atoms with Gasteiger partial charge in [-0.05, 0) is 26.2 Å².